The quantitative estimate of drug-likeness (QED) is 0.698. The Kier molecular flexibility index (Phi) is 4.57. The molecule has 3 aromatic rings. The molecule has 3 heteroatoms. The van der Waals surface area contributed by atoms with E-state index in [1.807, 2.05) is 72.5 Å². The first kappa shape index (κ1) is 15.1. The summed E-state index contributed by atoms with van der Waals surface area (Å²) in [4.78, 5) is 14.8. The number of amides is 1. The Morgan fingerprint density at radius 3 is 1.83 bits per heavy atom. The Hall–Kier alpha value is -2.81. The van der Waals surface area contributed by atoms with Crippen molar-refractivity contribution in [2.45, 2.75) is 20.0 Å². The van der Waals surface area contributed by atoms with Crippen molar-refractivity contribution in [3.63, 3.8) is 0 Å². The van der Waals surface area contributed by atoms with E-state index in [-0.39, 0.29) is 5.91 Å². The summed E-state index contributed by atoms with van der Waals surface area (Å²) in [5.41, 5.74) is 2.84. The standard InChI is InChI=1S/C20H19NO2/c1-16-19(12-13-23-16)20(22)21(14-17-8-4-2-5-9-17)15-18-10-6-3-7-11-18/h2-13H,14-15H2,1H3. The third kappa shape index (κ3) is 3.69. The van der Waals surface area contributed by atoms with Crippen molar-refractivity contribution < 1.29 is 9.21 Å². The Labute approximate surface area is 136 Å². The van der Waals surface area contributed by atoms with Crippen molar-refractivity contribution in [2.75, 3.05) is 0 Å². The summed E-state index contributed by atoms with van der Waals surface area (Å²) in [6, 6.07) is 21.8. The number of nitrogens with zero attached hydrogens (tertiary/aromatic N) is 1. The molecule has 0 atom stereocenters. The van der Waals surface area contributed by atoms with Crippen molar-refractivity contribution in [1.82, 2.24) is 4.90 Å². The number of aryl methyl sites for hydroxylation is 1. The zero-order valence-corrected chi connectivity index (χ0v) is 13.1. The minimum Gasteiger partial charge on any atom is -0.469 e. The van der Waals surface area contributed by atoms with Crippen molar-refractivity contribution in [3.8, 4) is 0 Å². The van der Waals surface area contributed by atoms with Gasteiger partial charge in [0, 0.05) is 13.1 Å². The molecule has 0 saturated heterocycles. The molecule has 23 heavy (non-hydrogen) atoms. The SMILES string of the molecule is Cc1occc1C(=O)N(Cc1ccccc1)Cc1ccccc1. The average Bonchev–Trinajstić information content (AvgIpc) is 3.01. The molecular weight excluding hydrogens is 286 g/mol. The first-order valence-electron chi connectivity index (χ1n) is 7.65. The molecule has 0 aliphatic rings. The number of carbonyl (C=O) groups is 1. The van der Waals surface area contributed by atoms with Crippen LogP contribution in [0.3, 0.4) is 0 Å². The van der Waals surface area contributed by atoms with Gasteiger partial charge in [-0.1, -0.05) is 60.7 Å². The maximum Gasteiger partial charge on any atom is 0.257 e. The van der Waals surface area contributed by atoms with Gasteiger partial charge in [0.05, 0.1) is 11.8 Å². The van der Waals surface area contributed by atoms with Crippen LogP contribution in [0.25, 0.3) is 0 Å². The molecule has 0 saturated carbocycles. The minimum absolute atomic E-state index is 0.0102. The van der Waals surface area contributed by atoms with E-state index in [9.17, 15) is 4.79 Å². The number of hydrogen-bond acceptors (Lipinski definition) is 2. The summed E-state index contributed by atoms with van der Waals surface area (Å²) in [5, 5.41) is 0. The second-order valence-corrected chi connectivity index (χ2v) is 5.52. The molecule has 1 heterocycles. The highest BCUT2D eigenvalue weighted by molar-refractivity contribution is 5.95. The number of benzene rings is 2. The van der Waals surface area contributed by atoms with Gasteiger partial charge in [-0.05, 0) is 24.1 Å². The zero-order valence-electron chi connectivity index (χ0n) is 13.1. The molecule has 2 aromatic carbocycles. The van der Waals surface area contributed by atoms with Crippen molar-refractivity contribution in [3.05, 3.63) is 95.4 Å². The van der Waals surface area contributed by atoms with E-state index in [4.69, 9.17) is 4.42 Å². The molecule has 0 spiro atoms. The molecular formula is C20H19NO2. The lowest BCUT2D eigenvalue weighted by Crippen LogP contribution is -2.30. The number of hydrogen-bond donors (Lipinski definition) is 0. The van der Waals surface area contributed by atoms with Crippen molar-refractivity contribution in [1.29, 1.82) is 0 Å². The fraction of sp³-hybridized carbons (Fsp3) is 0.150. The Balaban J connectivity index is 1.86. The molecule has 1 amide bonds. The summed E-state index contributed by atoms with van der Waals surface area (Å²) in [7, 11) is 0. The highest BCUT2D eigenvalue weighted by Gasteiger charge is 2.20. The van der Waals surface area contributed by atoms with Crippen molar-refractivity contribution in [2.24, 2.45) is 0 Å². The van der Waals surface area contributed by atoms with Crippen LogP contribution >= 0.6 is 0 Å². The highest BCUT2D eigenvalue weighted by Crippen LogP contribution is 2.17. The average molecular weight is 305 g/mol. The van der Waals surface area contributed by atoms with Crippen molar-refractivity contribution >= 4 is 5.91 Å². The first-order valence-corrected chi connectivity index (χ1v) is 7.65. The molecule has 0 aliphatic heterocycles. The van der Waals surface area contributed by atoms with Gasteiger partial charge in [-0.25, -0.2) is 0 Å². The van der Waals surface area contributed by atoms with Crippen LogP contribution in [0, 0.1) is 6.92 Å². The molecule has 1 aromatic heterocycles. The predicted molar refractivity (Wildman–Crippen MR) is 89.9 cm³/mol. The molecule has 0 fully saturated rings. The van der Waals surface area contributed by atoms with Crippen LogP contribution in [0.15, 0.2) is 77.4 Å². The summed E-state index contributed by atoms with van der Waals surface area (Å²) in [6.07, 6.45) is 1.56. The number of furan rings is 1. The van der Waals surface area contributed by atoms with Gasteiger partial charge in [0.15, 0.2) is 0 Å². The van der Waals surface area contributed by atoms with Gasteiger partial charge in [-0.2, -0.15) is 0 Å². The van der Waals surface area contributed by atoms with E-state index >= 15 is 0 Å². The number of carbonyl (C=O) groups excluding carboxylic acids is 1. The van der Waals surface area contributed by atoms with Gasteiger partial charge in [0.1, 0.15) is 5.76 Å². The fourth-order valence-corrected chi connectivity index (χ4v) is 2.58. The first-order chi connectivity index (χ1) is 11.2. The van der Waals surface area contributed by atoms with E-state index in [2.05, 4.69) is 0 Å². The summed E-state index contributed by atoms with van der Waals surface area (Å²) < 4.78 is 5.29. The molecule has 0 bridgehead atoms. The summed E-state index contributed by atoms with van der Waals surface area (Å²) in [5.74, 6) is 0.644. The topological polar surface area (TPSA) is 33.5 Å². The number of rotatable bonds is 5. The lowest BCUT2D eigenvalue weighted by Gasteiger charge is -2.23. The van der Waals surface area contributed by atoms with E-state index in [0.29, 0.717) is 24.4 Å². The maximum atomic E-state index is 12.9. The van der Waals surface area contributed by atoms with Gasteiger partial charge >= 0.3 is 0 Å². The fourth-order valence-electron chi connectivity index (χ4n) is 2.58. The van der Waals surface area contributed by atoms with Gasteiger partial charge in [-0.3, -0.25) is 4.79 Å². The second kappa shape index (κ2) is 6.97. The van der Waals surface area contributed by atoms with Crippen LogP contribution < -0.4 is 0 Å². The van der Waals surface area contributed by atoms with Crippen LogP contribution in [0.4, 0.5) is 0 Å². The summed E-state index contributed by atoms with van der Waals surface area (Å²) >= 11 is 0. The van der Waals surface area contributed by atoms with E-state index in [0.717, 1.165) is 11.1 Å². The largest absolute Gasteiger partial charge is 0.469 e. The molecule has 0 radical (unpaired) electrons. The molecule has 0 N–H and O–H groups in total. The third-order valence-electron chi connectivity index (χ3n) is 3.81. The molecule has 0 aliphatic carbocycles. The van der Waals surface area contributed by atoms with E-state index < -0.39 is 0 Å². The highest BCUT2D eigenvalue weighted by atomic mass is 16.3. The van der Waals surface area contributed by atoms with Crippen LogP contribution in [-0.2, 0) is 13.1 Å². The van der Waals surface area contributed by atoms with Crippen LogP contribution in [-0.4, -0.2) is 10.8 Å². The van der Waals surface area contributed by atoms with Crippen LogP contribution in [0.2, 0.25) is 0 Å². The van der Waals surface area contributed by atoms with Crippen LogP contribution in [0.5, 0.6) is 0 Å². The second-order valence-electron chi connectivity index (χ2n) is 5.52. The van der Waals surface area contributed by atoms with Gasteiger partial charge < -0.3 is 9.32 Å². The van der Waals surface area contributed by atoms with Crippen LogP contribution in [0.1, 0.15) is 27.2 Å². The third-order valence-corrected chi connectivity index (χ3v) is 3.81. The molecule has 3 nitrogen and oxygen atoms in total. The van der Waals surface area contributed by atoms with Gasteiger partial charge in [0.2, 0.25) is 0 Å². The van der Waals surface area contributed by atoms with E-state index in [1.165, 1.54) is 0 Å². The zero-order chi connectivity index (χ0) is 16.1. The smallest absolute Gasteiger partial charge is 0.257 e. The van der Waals surface area contributed by atoms with Gasteiger partial charge in [0.25, 0.3) is 5.91 Å². The summed E-state index contributed by atoms with van der Waals surface area (Å²) in [6.45, 7) is 2.95. The Bertz CT molecular complexity index is 721. The molecule has 0 unspecified atom stereocenters. The van der Waals surface area contributed by atoms with E-state index in [1.54, 1.807) is 12.3 Å². The maximum absolute atomic E-state index is 12.9. The molecule has 3 rings (SSSR count). The predicted octanol–water partition coefficient (Wildman–Crippen LogP) is 4.43. The van der Waals surface area contributed by atoms with Gasteiger partial charge in [-0.15, -0.1) is 0 Å². The lowest BCUT2D eigenvalue weighted by atomic mass is 10.1. The lowest BCUT2D eigenvalue weighted by molar-refractivity contribution is 0.0728. The minimum atomic E-state index is -0.0102. The molecule has 116 valence electrons. The Morgan fingerprint density at radius 1 is 0.870 bits per heavy atom. The normalized spacial score (nSPS) is 10.5. The monoisotopic (exact) mass is 305 g/mol. The Morgan fingerprint density at radius 2 is 1.39 bits per heavy atom.